The summed E-state index contributed by atoms with van der Waals surface area (Å²) in [5.41, 5.74) is 1.75. The molecule has 0 bridgehead atoms. The van der Waals surface area contributed by atoms with Crippen LogP contribution in [0.1, 0.15) is 69.6 Å². The van der Waals surface area contributed by atoms with E-state index in [4.69, 9.17) is 0 Å². The predicted octanol–water partition coefficient (Wildman–Crippen LogP) is 3.19. The van der Waals surface area contributed by atoms with Crippen LogP contribution in [0.5, 0.6) is 11.5 Å². The van der Waals surface area contributed by atoms with Crippen LogP contribution in [0.25, 0.3) is 0 Å². The standard InChI is InChI=1S/C20H30O4/c1-11(2)17-14(22)9-13-12(18(17)24)5-6-15-19(13,3)8-7-16(23)20(15,4)10-21/h9,11,15-16,21-24H,5-8,10H2,1-4H3/t15?,16-,19+,20?/m0/s1. The Morgan fingerprint density at radius 3 is 2.46 bits per heavy atom. The Bertz CT molecular complexity index is 654. The first-order chi connectivity index (χ1) is 11.2. The maximum Gasteiger partial charge on any atom is 0.126 e. The van der Waals surface area contributed by atoms with E-state index in [9.17, 15) is 20.4 Å². The zero-order valence-electron chi connectivity index (χ0n) is 15.1. The molecule has 24 heavy (non-hydrogen) atoms. The highest BCUT2D eigenvalue weighted by atomic mass is 16.3. The van der Waals surface area contributed by atoms with E-state index in [0.29, 0.717) is 18.4 Å². The van der Waals surface area contributed by atoms with Gasteiger partial charge in [-0.15, -0.1) is 0 Å². The average Bonchev–Trinajstić information content (AvgIpc) is 2.51. The molecule has 0 aliphatic heterocycles. The lowest BCUT2D eigenvalue weighted by Gasteiger charge is -2.57. The number of phenolic OH excluding ortho intramolecular Hbond substituents is 2. The van der Waals surface area contributed by atoms with Gasteiger partial charge in [0.15, 0.2) is 0 Å². The minimum atomic E-state index is -0.549. The van der Waals surface area contributed by atoms with E-state index in [-0.39, 0.29) is 35.4 Å². The minimum Gasteiger partial charge on any atom is -0.508 e. The topological polar surface area (TPSA) is 80.9 Å². The third-order valence-electron chi connectivity index (χ3n) is 6.90. The van der Waals surface area contributed by atoms with Crippen LogP contribution in [0.4, 0.5) is 0 Å². The highest BCUT2D eigenvalue weighted by Crippen LogP contribution is 2.59. The molecule has 0 heterocycles. The summed E-state index contributed by atoms with van der Waals surface area (Å²) in [6.45, 7) is 8.00. The SMILES string of the molecule is CC(C)c1c(O)cc2c(c1O)CCC1C(C)(CO)[C@@H](O)CC[C@]21C. The lowest BCUT2D eigenvalue weighted by Crippen LogP contribution is -2.56. The zero-order chi connectivity index (χ0) is 17.9. The van der Waals surface area contributed by atoms with Crippen LogP contribution in [0.2, 0.25) is 0 Å². The van der Waals surface area contributed by atoms with Gasteiger partial charge >= 0.3 is 0 Å². The Kier molecular flexibility index (Phi) is 4.12. The van der Waals surface area contributed by atoms with E-state index in [1.807, 2.05) is 26.8 Å². The van der Waals surface area contributed by atoms with Crippen molar-refractivity contribution in [3.63, 3.8) is 0 Å². The number of phenols is 2. The van der Waals surface area contributed by atoms with Gasteiger partial charge in [-0.1, -0.05) is 27.7 Å². The van der Waals surface area contributed by atoms with E-state index in [2.05, 4.69) is 6.92 Å². The van der Waals surface area contributed by atoms with Crippen molar-refractivity contribution in [1.82, 2.24) is 0 Å². The number of hydrogen-bond donors (Lipinski definition) is 4. The molecule has 0 aromatic heterocycles. The molecule has 4 heteroatoms. The van der Waals surface area contributed by atoms with E-state index in [1.165, 1.54) is 0 Å². The quantitative estimate of drug-likeness (QED) is 0.669. The molecule has 3 rings (SSSR count). The molecule has 134 valence electrons. The van der Waals surface area contributed by atoms with E-state index in [0.717, 1.165) is 24.0 Å². The summed E-state index contributed by atoms with van der Waals surface area (Å²) in [5.74, 6) is 0.558. The van der Waals surface area contributed by atoms with Crippen LogP contribution in [0, 0.1) is 11.3 Å². The fourth-order valence-corrected chi connectivity index (χ4v) is 5.42. The first-order valence-electron chi connectivity index (χ1n) is 9.04. The van der Waals surface area contributed by atoms with Crippen molar-refractivity contribution in [2.45, 2.75) is 70.8 Å². The highest BCUT2D eigenvalue weighted by Gasteiger charge is 2.55. The normalized spacial score (nSPS) is 35.6. The molecule has 1 aromatic carbocycles. The van der Waals surface area contributed by atoms with Crippen molar-refractivity contribution in [3.8, 4) is 11.5 Å². The van der Waals surface area contributed by atoms with Gasteiger partial charge in [-0.05, 0) is 60.1 Å². The van der Waals surface area contributed by atoms with Gasteiger partial charge in [0.2, 0.25) is 0 Å². The van der Waals surface area contributed by atoms with Gasteiger partial charge < -0.3 is 20.4 Å². The summed E-state index contributed by atoms with van der Waals surface area (Å²) in [6.07, 6.45) is 2.44. The van der Waals surface area contributed by atoms with E-state index in [1.54, 1.807) is 0 Å². The van der Waals surface area contributed by atoms with E-state index < -0.39 is 11.5 Å². The van der Waals surface area contributed by atoms with Gasteiger partial charge in [0.05, 0.1) is 12.7 Å². The molecular weight excluding hydrogens is 304 g/mol. The molecule has 4 atom stereocenters. The number of benzene rings is 1. The summed E-state index contributed by atoms with van der Waals surface area (Å²) in [6, 6.07) is 1.83. The van der Waals surface area contributed by atoms with Crippen molar-refractivity contribution < 1.29 is 20.4 Å². The van der Waals surface area contributed by atoms with Crippen LogP contribution >= 0.6 is 0 Å². The van der Waals surface area contributed by atoms with Gasteiger partial charge in [-0.3, -0.25) is 0 Å². The molecule has 4 nitrogen and oxygen atoms in total. The molecule has 1 fully saturated rings. The molecule has 0 spiro atoms. The Morgan fingerprint density at radius 1 is 1.21 bits per heavy atom. The van der Waals surface area contributed by atoms with Crippen molar-refractivity contribution in [2.24, 2.45) is 11.3 Å². The molecule has 2 aliphatic carbocycles. The Balaban J connectivity index is 2.18. The molecule has 0 amide bonds. The third kappa shape index (κ3) is 2.19. The van der Waals surface area contributed by atoms with E-state index >= 15 is 0 Å². The molecule has 0 radical (unpaired) electrons. The summed E-state index contributed by atoms with van der Waals surface area (Å²) < 4.78 is 0. The minimum absolute atomic E-state index is 0.0498. The number of rotatable bonds is 2. The summed E-state index contributed by atoms with van der Waals surface area (Å²) in [5, 5.41) is 41.8. The Morgan fingerprint density at radius 2 is 1.88 bits per heavy atom. The lowest BCUT2D eigenvalue weighted by atomic mass is 9.49. The molecule has 1 aromatic rings. The summed E-state index contributed by atoms with van der Waals surface area (Å²) >= 11 is 0. The molecular formula is C20H30O4. The monoisotopic (exact) mass is 334 g/mol. The average molecular weight is 334 g/mol. The number of aliphatic hydroxyl groups excluding tert-OH is 2. The molecule has 2 aliphatic rings. The fraction of sp³-hybridized carbons (Fsp3) is 0.700. The molecule has 0 saturated heterocycles. The van der Waals surface area contributed by atoms with Crippen molar-refractivity contribution in [2.75, 3.05) is 6.61 Å². The lowest BCUT2D eigenvalue weighted by molar-refractivity contribution is -0.110. The van der Waals surface area contributed by atoms with Gasteiger partial charge in [0, 0.05) is 11.0 Å². The van der Waals surface area contributed by atoms with Crippen LogP contribution in [0.3, 0.4) is 0 Å². The Hall–Kier alpha value is -1.26. The largest absolute Gasteiger partial charge is 0.508 e. The van der Waals surface area contributed by atoms with Crippen LogP contribution in [0.15, 0.2) is 6.07 Å². The smallest absolute Gasteiger partial charge is 0.126 e. The maximum atomic E-state index is 10.8. The zero-order valence-corrected chi connectivity index (χ0v) is 15.1. The third-order valence-corrected chi connectivity index (χ3v) is 6.90. The second kappa shape index (κ2) is 5.63. The second-order valence-electron chi connectivity index (χ2n) is 8.57. The van der Waals surface area contributed by atoms with Crippen molar-refractivity contribution in [3.05, 3.63) is 22.8 Å². The predicted molar refractivity (Wildman–Crippen MR) is 93.5 cm³/mol. The first kappa shape index (κ1) is 17.6. The number of aromatic hydroxyl groups is 2. The molecule has 2 unspecified atom stereocenters. The van der Waals surface area contributed by atoms with Crippen LogP contribution in [-0.2, 0) is 11.8 Å². The molecule has 1 saturated carbocycles. The first-order valence-corrected chi connectivity index (χ1v) is 9.04. The second-order valence-corrected chi connectivity index (χ2v) is 8.57. The number of aliphatic hydroxyl groups is 2. The van der Waals surface area contributed by atoms with Gasteiger partial charge in [0.25, 0.3) is 0 Å². The maximum absolute atomic E-state index is 10.8. The van der Waals surface area contributed by atoms with Gasteiger partial charge in [-0.25, -0.2) is 0 Å². The highest BCUT2D eigenvalue weighted by molar-refractivity contribution is 5.57. The molecule has 4 N–H and O–H groups in total. The number of fused-ring (bicyclic) bond motifs is 3. The number of hydrogen-bond acceptors (Lipinski definition) is 4. The summed E-state index contributed by atoms with van der Waals surface area (Å²) in [4.78, 5) is 0. The van der Waals surface area contributed by atoms with Gasteiger partial charge in [0.1, 0.15) is 11.5 Å². The van der Waals surface area contributed by atoms with Crippen LogP contribution < -0.4 is 0 Å². The Labute approximate surface area is 144 Å². The van der Waals surface area contributed by atoms with Crippen molar-refractivity contribution >= 4 is 0 Å². The fourth-order valence-electron chi connectivity index (χ4n) is 5.42. The van der Waals surface area contributed by atoms with Crippen molar-refractivity contribution in [1.29, 1.82) is 0 Å². The van der Waals surface area contributed by atoms with Gasteiger partial charge in [-0.2, -0.15) is 0 Å². The van der Waals surface area contributed by atoms with Crippen LogP contribution in [-0.4, -0.2) is 33.1 Å². The summed E-state index contributed by atoms with van der Waals surface area (Å²) in [7, 11) is 0.